The maximum atomic E-state index is 13.0. The molecule has 2 aliphatic rings. The Morgan fingerprint density at radius 3 is 2.82 bits per heavy atom. The van der Waals surface area contributed by atoms with Gasteiger partial charge in [0.25, 0.3) is 5.91 Å². The molecule has 0 radical (unpaired) electrons. The van der Waals surface area contributed by atoms with Crippen LogP contribution in [0, 0.1) is 0 Å². The molecule has 2 aromatic carbocycles. The zero-order chi connectivity index (χ0) is 18.9. The molecule has 7 nitrogen and oxygen atoms in total. The largest absolute Gasteiger partial charge is 0.454 e. The highest BCUT2D eigenvalue weighted by Gasteiger charge is 2.30. The van der Waals surface area contributed by atoms with Gasteiger partial charge in [-0.2, -0.15) is 4.98 Å². The third kappa shape index (κ3) is 3.09. The SMILES string of the molecule is O=C(c1ccc2c(c1)OCO2)N1CCCC(c2nc(-c3ccccc3)no2)C1. The molecule has 0 N–H and O–H groups in total. The first-order valence-electron chi connectivity index (χ1n) is 9.36. The smallest absolute Gasteiger partial charge is 0.254 e. The zero-order valence-electron chi connectivity index (χ0n) is 15.2. The lowest BCUT2D eigenvalue weighted by molar-refractivity contribution is 0.0695. The van der Waals surface area contributed by atoms with Crippen molar-refractivity contribution in [1.29, 1.82) is 0 Å². The molecule has 1 atom stereocenters. The van der Waals surface area contributed by atoms with Gasteiger partial charge in [0.05, 0.1) is 5.92 Å². The van der Waals surface area contributed by atoms with Gasteiger partial charge >= 0.3 is 0 Å². The highest BCUT2D eigenvalue weighted by Crippen LogP contribution is 2.34. The van der Waals surface area contributed by atoms with Crippen molar-refractivity contribution in [3.05, 3.63) is 60.0 Å². The topological polar surface area (TPSA) is 77.7 Å². The molecule has 1 aromatic heterocycles. The summed E-state index contributed by atoms with van der Waals surface area (Å²) in [7, 11) is 0. The van der Waals surface area contributed by atoms with E-state index in [0.29, 0.717) is 41.9 Å². The third-order valence-electron chi connectivity index (χ3n) is 5.15. The fraction of sp³-hybridized carbons (Fsp3) is 0.286. The molecule has 3 aromatic rings. The minimum absolute atomic E-state index is 0.0224. The van der Waals surface area contributed by atoms with E-state index in [4.69, 9.17) is 14.0 Å². The molecule has 1 amide bonds. The van der Waals surface area contributed by atoms with Crippen LogP contribution in [-0.2, 0) is 0 Å². The van der Waals surface area contributed by atoms with Crippen LogP contribution in [-0.4, -0.2) is 40.8 Å². The Kier molecular flexibility index (Phi) is 4.20. The van der Waals surface area contributed by atoms with Gasteiger partial charge in [0.1, 0.15) is 0 Å². The van der Waals surface area contributed by atoms with E-state index in [1.165, 1.54) is 0 Å². The summed E-state index contributed by atoms with van der Waals surface area (Å²) in [6.45, 7) is 1.47. The van der Waals surface area contributed by atoms with Gasteiger partial charge in [-0.15, -0.1) is 0 Å². The Morgan fingerprint density at radius 2 is 1.93 bits per heavy atom. The minimum atomic E-state index is -0.0224. The molecule has 0 saturated carbocycles. The summed E-state index contributed by atoms with van der Waals surface area (Å²) in [5, 5.41) is 4.11. The summed E-state index contributed by atoms with van der Waals surface area (Å²) >= 11 is 0. The summed E-state index contributed by atoms with van der Waals surface area (Å²) in [5.41, 5.74) is 1.52. The molecule has 3 heterocycles. The Balaban J connectivity index is 1.32. The molecule has 142 valence electrons. The number of likely N-dealkylation sites (tertiary alicyclic amines) is 1. The number of amides is 1. The number of carbonyl (C=O) groups is 1. The lowest BCUT2D eigenvalue weighted by atomic mass is 9.97. The minimum Gasteiger partial charge on any atom is -0.454 e. The fourth-order valence-corrected chi connectivity index (χ4v) is 3.68. The van der Waals surface area contributed by atoms with Gasteiger partial charge in [0.2, 0.25) is 18.5 Å². The van der Waals surface area contributed by atoms with Crippen molar-refractivity contribution in [1.82, 2.24) is 15.0 Å². The van der Waals surface area contributed by atoms with Crippen molar-refractivity contribution >= 4 is 5.91 Å². The number of benzene rings is 2. The number of rotatable bonds is 3. The van der Waals surface area contributed by atoms with Crippen LogP contribution in [0.5, 0.6) is 11.5 Å². The van der Waals surface area contributed by atoms with Crippen LogP contribution in [0.1, 0.15) is 35.0 Å². The van der Waals surface area contributed by atoms with Crippen LogP contribution >= 0.6 is 0 Å². The molecule has 1 unspecified atom stereocenters. The predicted octanol–water partition coefficient (Wildman–Crippen LogP) is 3.49. The molecule has 2 aliphatic heterocycles. The van der Waals surface area contributed by atoms with Crippen molar-refractivity contribution in [3.63, 3.8) is 0 Å². The normalized spacial score (nSPS) is 18.3. The van der Waals surface area contributed by atoms with Gasteiger partial charge in [-0.1, -0.05) is 35.5 Å². The number of carbonyl (C=O) groups excluding carboxylic acids is 1. The average Bonchev–Trinajstić information content (AvgIpc) is 3.43. The van der Waals surface area contributed by atoms with E-state index < -0.39 is 0 Å². The molecule has 0 aliphatic carbocycles. The van der Waals surface area contributed by atoms with E-state index in [1.54, 1.807) is 18.2 Å². The Hall–Kier alpha value is -3.35. The van der Waals surface area contributed by atoms with Gasteiger partial charge in [-0.25, -0.2) is 0 Å². The van der Waals surface area contributed by atoms with Gasteiger partial charge in [0.15, 0.2) is 11.5 Å². The number of piperidine rings is 1. The number of hydrogen-bond acceptors (Lipinski definition) is 6. The lowest BCUT2D eigenvalue weighted by Gasteiger charge is -2.31. The summed E-state index contributed by atoms with van der Waals surface area (Å²) in [5.74, 6) is 2.47. The van der Waals surface area contributed by atoms with Gasteiger partial charge in [-0.05, 0) is 31.0 Å². The lowest BCUT2D eigenvalue weighted by Crippen LogP contribution is -2.39. The summed E-state index contributed by atoms with van der Waals surface area (Å²) < 4.78 is 16.2. The molecular formula is C21H19N3O4. The Morgan fingerprint density at radius 1 is 1.07 bits per heavy atom. The maximum Gasteiger partial charge on any atom is 0.254 e. The fourth-order valence-electron chi connectivity index (χ4n) is 3.68. The van der Waals surface area contributed by atoms with Crippen LogP contribution in [0.3, 0.4) is 0 Å². The van der Waals surface area contributed by atoms with Crippen molar-refractivity contribution in [3.8, 4) is 22.9 Å². The van der Waals surface area contributed by atoms with E-state index in [9.17, 15) is 4.79 Å². The number of nitrogens with zero attached hydrogens (tertiary/aromatic N) is 3. The zero-order valence-corrected chi connectivity index (χ0v) is 15.2. The molecular weight excluding hydrogens is 358 g/mol. The molecule has 7 heteroatoms. The second-order valence-corrected chi connectivity index (χ2v) is 6.98. The average molecular weight is 377 g/mol. The standard InChI is InChI=1S/C21H19N3O4/c25-21(15-8-9-17-18(11-15)27-13-26-17)24-10-4-7-16(12-24)20-22-19(23-28-20)14-5-2-1-3-6-14/h1-3,5-6,8-9,11,16H,4,7,10,12-13H2. The number of fused-ring (bicyclic) bond motifs is 1. The van der Waals surface area contributed by atoms with Gasteiger partial charge in [-0.3, -0.25) is 4.79 Å². The number of hydrogen-bond donors (Lipinski definition) is 0. The van der Waals surface area contributed by atoms with E-state index in [0.717, 1.165) is 18.4 Å². The maximum absolute atomic E-state index is 13.0. The Labute approximate surface area is 161 Å². The van der Waals surface area contributed by atoms with E-state index in [2.05, 4.69) is 10.1 Å². The molecule has 0 spiro atoms. The van der Waals surface area contributed by atoms with Crippen molar-refractivity contribution in [2.45, 2.75) is 18.8 Å². The second kappa shape index (κ2) is 6.99. The number of aromatic nitrogens is 2. The highest BCUT2D eigenvalue weighted by molar-refractivity contribution is 5.95. The first kappa shape index (κ1) is 16.8. The molecule has 28 heavy (non-hydrogen) atoms. The van der Waals surface area contributed by atoms with Crippen LogP contribution < -0.4 is 9.47 Å². The van der Waals surface area contributed by atoms with E-state index in [1.807, 2.05) is 35.2 Å². The van der Waals surface area contributed by atoms with Gasteiger partial charge < -0.3 is 18.9 Å². The summed E-state index contributed by atoms with van der Waals surface area (Å²) in [4.78, 5) is 19.4. The Bertz CT molecular complexity index is 1000. The van der Waals surface area contributed by atoms with Crippen molar-refractivity contribution in [2.24, 2.45) is 0 Å². The van der Waals surface area contributed by atoms with Crippen molar-refractivity contribution < 1.29 is 18.8 Å². The van der Waals surface area contributed by atoms with Crippen LogP contribution in [0.25, 0.3) is 11.4 Å². The van der Waals surface area contributed by atoms with E-state index in [-0.39, 0.29) is 18.6 Å². The third-order valence-corrected chi connectivity index (χ3v) is 5.15. The predicted molar refractivity (Wildman–Crippen MR) is 100 cm³/mol. The number of ether oxygens (including phenoxy) is 2. The van der Waals surface area contributed by atoms with Crippen molar-refractivity contribution in [2.75, 3.05) is 19.9 Å². The van der Waals surface area contributed by atoms with Crippen LogP contribution in [0.15, 0.2) is 53.1 Å². The van der Waals surface area contributed by atoms with Crippen LogP contribution in [0.2, 0.25) is 0 Å². The summed E-state index contributed by atoms with van der Waals surface area (Å²) in [6, 6.07) is 15.0. The van der Waals surface area contributed by atoms with Crippen LogP contribution in [0.4, 0.5) is 0 Å². The quantitative estimate of drug-likeness (QED) is 0.695. The first-order valence-corrected chi connectivity index (χ1v) is 9.36. The first-order chi connectivity index (χ1) is 13.8. The summed E-state index contributed by atoms with van der Waals surface area (Å²) in [6.07, 6.45) is 1.81. The second-order valence-electron chi connectivity index (χ2n) is 6.98. The molecule has 1 saturated heterocycles. The van der Waals surface area contributed by atoms with Gasteiger partial charge in [0, 0.05) is 24.2 Å². The highest BCUT2D eigenvalue weighted by atomic mass is 16.7. The monoisotopic (exact) mass is 377 g/mol. The molecule has 5 rings (SSSR count). The molecule has 0 bridgehead atoms. The van der Waals surface area contributed by atoms with E-state index >= 15 is 0 Å². The molecule has 1 fully saturated rings.